The van der Waals surface area contributed by atoms with Gasteiger partial charge in [0.1, 0.15) is 6.04 Å². The number of hydrogen-bond acceptors (Lipinski definition) is 5. The van der Waals surface area contributed by atoms with E-state index in [4.69, 9.17) is 4.52 Å². The predicted molar refractivity (Wildman–Crippen MR) is 87.1 cm³/mol. The van der Waals surface area contributed by atoms with Crippen molar-refractivity contribution in [3.05, 3.63) is 35.7 Å². The predicted octanol–water partition coefficient (Wildman–Crippen LogP) is 2.21. The van der Waals surface area contributed by atoms with Gasteiger partial charge in [0.25, 0.3) is 0 Å². The van der Waals surface area contributed by atoms with Crippen molar-refractivity contribution in [1.82, 2.24) is 20.4 Å². The molecule has 1 unspecified atom stereocenters. The van der Waals surface area contributed by atoms with Gasteiger partial charge in [-0.1, -0.05) is 35.0 Å². The molecule has 1 aliphatic rings. The van der Waals surface area contributed by atoms with Gasteiger partial charge in [0, 0.05) is 12.1 Å². The molecule has 2 amide bonds. The second kappa shape index (κ2) is 7.37. The number of hydrogen-bond donors (Lipinski definition) is 1. The fourth-order valence-corrected chi connectivity index (χ4v) is 2.87. The molecule has 1 aromatic heterocycles. The van der Waals surface area contributed by atoms with E-state index >= 15 is 0 Å². The van der Waals surface area contributed by atoms with E-state index in [0.717, 1.165) is 11.1 Å². The zero-order valence-electron chi connectivity index (χ0n) is 14.4. The third kappa shape index (κ3) is 4.26. The van der Waals surface area contributed by atoms with Gasteiger partial charge in [-0.2, -0.15) is 18.2 Å². The van der Waals surface area contributed by atoms with E-state index in [1.54, 1.807) is 0 Å². The molecule has 0 aliphatic carbocycles. The summed E-state index contributed by atoms with van der Waals surface area (Å²) in [4.78, 5) is 28.3. The van der Waals surface area contributed by atoms with Gasteiger partial charge in [0.15, 0.2) is 0 Å². The summed E-state index contributed by atoms with van der Waals surface area (Å²) in [5.74, 6) is -2.22. The summed E-state index contributed by atoms with van der Waals surface area (Å²) in [5, 5.41) is 6.27. The summed E-state index contributed by atoms with van der Waals surface area (Å²) in [7, 11) is 0. The number of carbonyl (C=O) groups is 2. The molecule has 1 N–H and O–H groups in total. The number of carbonyl (C=O) groups excluding carboxylic acids is 2. The smallest absolute Gasteiger partial charge is 0.345 e. The van der Waals surface area contributed by atoms with Crippen molar-refractivity contribution in [3.8, 4) is 11.4 Å². The van der Waals surface area contributed by atoms with Gasteiger partial charge in [-0.05, 0) is 19.8 Å². The number of benzene rings is 1. The molecule has 2 aromatic rings. The Labute approximate surface area is 152 Å². The summed E-state index contributed by atoms with van der Waals surface area (Å²) in [6, 6.07) is 6.26. The molecule has 7 nitrogen and oxygen atoms in total. The molecule has 0 spiro atoms. The van der Waals surface area contributed by atoms with Crippen LogP contribution in [0.1, 0.15) is 24.3 Å². The van der Waals surface area contributed by atoms with E-state index in [1.807, 2.05) is 31.2 Å². The van der Waals surface area contributed by atoms with Gasteiger partial charge in [-0.25, -0.2) is 0 Å². The molecule has 1 atom stereocenters. The van der Waals surface area contributed by atoms with Crippen molar-refractivity contribution in [1.29, 1.82) is 0 Å². The Morgan fingerprint density at radius 2 is 2.00 bits per heavy atom. The fraction of sp³-hybridized carbons (Fsp3) is 0.412. The molecule has 27 heavy (non-hydrogen) atoms. The largest absolute Gasteiger partial charge is 0.471 e. The van der Waals surface area contributed by atoms with Gasteiger partial charge in [0.05, 0.1) is 6.54 Å². The highest BCUT2D eigenvalue weighted by Crippen LogP contribution is 2.25. The lowest BCUT2D eigenvalue weighted by Gasteiger charge is -2.24. The van der Waals surface area contributed by atoms with Gasteiger partial charge < -0.3 is 14.7 Å². The van der Waals surface area contributed by atoms with Crippen molar-refractivity contribution in [2.24, 2.45) is 0 Å². The number of rotatable bonds is 4. The summed E-state index contributed by atoms with van der Waals surface area (Å²) < 4.78 is 42.9. The Balaban J connectivity index is 1.61. The zero-order valence-corrected chi connectivity index (χ0v) is 14.4. The Hall–Kier alpha value is -2.91. The molecule has 2 heterocycles. The third-order valence-electron chi connectivity index (χ3n) is 4.25. The molecule has 1 aromatic carbocycles. The molecule has 0 bridgehead atoms. The van der Waals surface area contributed by atoms with Gasteiger partial charge in [0.2, 0.25) is 17.6 Å². The average molecular weight is 382 g/mol. The van der Waals surface area contributed by atoms with Gasteiger partial charge in [-0.15, -0.1) is 0 Å². The summed E-state index contributed by atoms with van der Waals surface area (Å²) in [5.41, 5.74) is 1.81. The quantitative estimate of drug-likeness (QED) is 0.876. The molecule has 3 rings (SSSR count). The zero-order chi connectivity index (χ0) is 19.6. The first-order valence-corrected chi connectivity index (χ1v) is 8.31. The lowest BCUT2D eigenvalue weighted by molar-refractivity contribution is -0.186. The Bertz CT molecular complexity index is 833. The van der Waals surface area contributed by atoms with Crippen LogP contribution in [-0.2, 0) is 16.1 Å². The minimum absolute atomic E-state index is 0.103. The van der Waals surface area contributed by atoms with Crippen LogP contribution in [0.25, 0.3) is 11.4 Å². The maximum absolute atomic E-state index is 12.6. The van der Waals surface area contributed by atoms with Crippen LogP contribution in [0.15, 0.2) is 28.8 Å². The normalized spacial score (nSPS) is 17.2. The highest BCUT2D eigenvalue weighted by molar-refractivity contribution is 5.90. The molecule has 0 radical (unpaired) electrons. The lowest BCUT2D eigenvalue weighted by atomic mass is 10.1. The number of nitrogens with zero attached hydrogens (tertiary/aromatic N) is 3. The molecular weight excluding hydrogens is 365 g/mol. The summed E-state index contributed by atoms with van der Waals surface area (Å²) in [6.07, 6.45) is -4.50. The van der Waals surface area contributed by atoms with E-state index in [9.17, 15) is 22.8 Å². The van der Waals surface area contributed by atoms with Gasteiger partial charge >= 0.3 is 12.1 Å². The van der Waals surface area contributed by atoms with Crippen LogP contribution in [0, 0.1) is 6.92 Å². The van der Waals surface area contributed by atoms with E-state index in [1.165, 1.54) is 0 Å². The molecule has 1 aliphatic heterocycles. The fourth-order valence-electron chi connectivity index (χ4n) is 2.87. The van der Waals surface area contributed by atoms with Crippen molar-refractivity contribution in [3.63, 3.8) is 0 Å². The highest BCUT2D eigenvalue weighted by Gasteiger charge is 2.47. The lowest BCUT2D eigenvalue weighted by Crippen LogP contribution is -2.50. The Morgan fingerprint density at radius 3 is 2.67 bits per heavy atom. The minimum Gasteiger partial charge on any atom is -0.345 e. The first-order valence-electron chi connectivity index (χ1n) is 8.31. The Morgan fingerprint density at radius 1 is 1.30 bits per heavy atom. The van der Waals surface area contributed by atoms with Crippen LogP contribution >= 0.6 is 0 Å². The van der Waals surface area contributed by atoms with Crippen LogP contribution < -0.4 is 5.32 Å². The first kappa shape index (κ1) is 18.9. The number of aromatic nitrogens is 2. The van der Waals surface area contributed by atoms with E-state index < -0.39 is 24.0 Å². The van der Waals surface area contributed by atoms with Gasteiger partial charge in [-0.3, -0.25) is 9.59 Å². The molecule has 1 saturated heterocycles. The Kier molecular flexibility index (Phi) is 5.15. The topological polar surface area (TPSA) is 88.3 Å². The third-order valence-corrected chi connectivity index (χ3v) is 4.25. The van der Waals surface area contributed by atoms with Crippen LogP contribution in [-0.4, -0.2) is 45.6 Å². The van der Waals surface area contributed by atoms with Crippen molar-refractivity contribution < 1.29 is 27.3 Å². The standard InChI is InChI=1S/C17H17F3N4O3/c1-10-4-6-11(7-5-10)14-22-13(27-23-14)9-21-15(25)12-3-2-8-24(12)16(26)17(18,19)20/h4-7,12H,2-3,8-9H2,1H3,(H,21,25). The number of likely N-dealkylation sites (tertiary alicyclic amines) is 1. The maximum atomic E-state index is 12.6. The number of aryl methyl sites for hydroxylation is 1. The highest BCUT2D eigenvalue weighted by atomic mass is 19.4. The average Bonchev–Trinajstić information content (AvgIpc) is 3.28. The second-order valence-electron chi connectivity index (χ2n) is 6.25. The van der Waals surface area contributed by atoms with Crippen LogP contribution in [0.2, 0.25) is 0 Å². The molecular formula is C17H17F3N4O3. The summed E-state index contributed by atoms with van der Waals surface area (Å²) >= 11 is 0. The first-order chi connectivity index (χ1) is 12.8. The van der Waals surface area contributed by atoms with Crippen LogP contribution in [0.3, 0.4) is 0 Å². The van der Waals surface area contributed by atoms with Crippen molar-refractivity contribution in [2.45, 2.75) is 38.5 Å². The second-order valence-corrected chi connectivity index (χ2v) is 6.25. The van der Waals surface area contributed by atoms with Crippen molar-refractivity contribution >= 4 is 11.8 Å². The monoisotopic (exact) mass is 382 g/mol. The number of nitrogens with one attached hydrogen (secondary N) is 1. The SMILES string of the molecule is Cc1ccc(-c2noc(CNC(=O)C3CCCN3C(=O)C(F)(F)F)n2)cc1. The van der Waals surface area contributed by atoms with E-state index in [-0.39, 0.29) is 25.4 Å². The molecule has 144 valence electrons. The number of alkyl halides is 3. The van der Waals surface area contributed by atoms with Crippen molar-refractivity contribution in [2.75, 3.05) is 6.54 Å². The number of amides is 2. The van der Waals surface area contributed by atoms with Crippen LogP contribution in [0.5, 0.6) is 0 Å². The summed E-state index contributed by atoms with van der Waals surface area (Å²) in [6.45, 7) is 1.70. The number of halogens is 3. The maximum Gasteiger partial charge on any atom is 0.471 e. The molecule has 10 heteroatoms. The minimum atomic E-state index is -5.00. The van der Waals surface area contributed by atoms with E-state index in [0.29, 0.717) is 17.1 Å². The van der Waals surface area contributed by atoms with E-state index in [2.05, 4.69) is 15.5 Å². The molecule has 1 fully saturated rings. The molecule has 0 saturated carbocycles. The van der Waals surface area contributed by atoms with Crippen LogP contribution in [0.4, 0.5) is 13.2 Å².